The summed E-state index contributed by atoms with van der Waals surface area (Å²) in [6, 6.07) is 10.3. The van der Waals surface area contributed by atoms with Crippen LogP contribution in [-0.2, 0) is 11.2 Å². The molecule has 0 fully saturated rings. The van der Waals surface area contributed by atoms with Gasteiger partial charge in [0.05, 0.1) is 21.8 Å². The third-order valence-electron chi connectivity index (χ3n) is 3.70. The van der Waals surface area contributed by atoms with E-state index in [4.69, 9.17) is 16.0 Å². The summed E-state index contributed by atoms with van der Waals surface area (Å²) in [5, 5.41) is 2.72. The first-order valence-electron chi connectivity index (χ1n) is 8.16. The molecule has 0 aliphatic heterocycles. The minimum atomic E-state index is -2.66. The van der Waals surface area contributed by atoms with Crippen molar-refractivity contribution >= 4 is 35.0 Å². The van der Waals surface area contributed by atoms with Crippen LogP contribution >= 0.6 is 23.4 Å². The monoisotopic (exact) mass is 426 g/mol. The average molecular weight is 427 g/mol. The van der Waals surface area contributed by atoms with Gasteiger partial charge in [-0.3, -0.25) is 4.79 Å². The first-order chi connectivity index (χ1) is 13.4. The van der Waals surface area contributed by atoms with Crippen LogP contribution in [0.3, 0.4) is 0 Å². The molecule has 0 bridgehead atoms. The van der Waals surface area contributed by atoms with Crippen LogP contribution in [0.1, 0.15) is 12.3 Å². The minimum Gasteiger partial charge on any atom is -0.441 e. The number of benzene rings is 2. The molecule has 3 aromatic rings. The van der Waals surface area contributed by atoms with E-state index in [9.17, 15) is 18.0 Å². The Morgan fingerprint density at radius 2 is 1.96 bits per heavy atom. The molecule has 1 N–H and O–H groups in total. The van der Waals surface area contributed by atoms with E-state index < -0.39 is 5.76 Å². The fourth-order valence-corrected chi connectivity index (χ4v) is 3.34. The van der Waals surface area contributed by atoms with E-state index in [0.29, 0.717) is 17.2 Å². The molecule has 0 saturated carbocycles. The van der Waals surface area contributed by atoms with Crippen molar-refractivity contribution in [2.24, 2.45) is 0 Å². The van der Waals surface area contributed by atoms with Crippen LogP contribution in [-0.4, -0.2) is 16.6 Å². The number of carbonyl (C=O) groups is 1. The van der Waals surface area contributed by atoms with Gasteiger partial charge in [-0.1, -0.05) is 29.4 Å². The smallest absolute Gasteiger partial charge is 0.289 e. The van der Waals surface area contributed by atoms with Gasteiger partial charge >= 0.3 is 0 Å². The molecule has 0 aliphatic carbocycles. The standard InChI is InChI=1S/C19H14ClF3N2O2S/c20-13-2-1-3-14(18(13)28-19(22)23)25-16(26)8-9-17-24-10-15(27-17)11-4-6-12(21)7-5-11/h1-7,10,19H,8-9H2,(H,25,26). The Labute approximate surface area is 168 Å². The number of anilines is 1. The summed E-state index contributed by atoms with van der Waals surface area (Å²) < 4.78 is 43.9. The fraction of sp³-hybridized carbons (Fsp3) is 0.158. The summed E-state index contributed by atoms with van der Waals surface area (Å²) in [5.74, 6) is -2.61. The zero-order valence-electron chi connectivity index (χ0n) is 14.3. The highest BCUT2D eigenvalue weighted by molar-refractivity contribution is 7.99. The van der Waals surface area contributed by atoms with E-state index >= 15 is 0 Å². The van der Waals surface area contributed by atoms with Gasteiger partial charge in [-0.05, 0) is 36.4 Å². The van der Waals surface area contributed by atoms with E-state index in [1.807, 2.05) is 0 Å². The Bertz CT molecular complexity index is 964. The summed E-state index contributed by atoms with van der Waals surface area (Å²) in [4.78, 5) is 16.4. The first-order valence-corrected chi connectivity index (χ1v) is 9.42. The van der Waals surface area contributed by atoms with Crippen molar-refractivity contribution in [1.29, 1.82) is 0 Å². The van der Waals surface area contributed by atoms with E-state index in [2.05, 4.69) is 10.3 Å². The van der Waals surface area contributed by atoms with Crippen LogP contribution in [0.4, 0.5) is 18.9 Å². The largest absolute Gasteiger partial charge is 0.441 e. The number of hydrogen-bond acceptors (Lipinski definition) is 4. The molecule has 1 heterocycles. The number of hydrogen-bond donors (Lipinski definition) is 1. The average Bonchev–Trinajstić information content (AvgIpc) is 3.12. The van der Waals surface area contributed by atoms with Gasteiger partial charge in [-0.2, -0.15) is 8.78 Å². The molecule has 28 heavy (non-hydrogen) atoms. The number of nitrogens with one attached hydrogen (secondary N) is 1. The zero-order valence-corrected chi connectivity index (χ0v) is 15.9. The number of thioether (sulfide) groups is 1. The zero-order chi connectivity index (χ0) is 20.1. The third-order valence-corrected chi connectivity index (χ3v) is 4.98. The van der Waals surface area contributed by atoms with E-state index in [0.717, 1.165) is 0 Å². The summed E-state index contributed by atoms with van der Waals surface area (Å²) in [6.07, 6.45) is 1.74. The summed E-state index contributed by atoms with van der Waals surface area (Å²) in [5.41, 5.74) is 0.888. The number of oxazole rings is 1. The lowest BCUT2D eigenvalue weighted by atomic mass is 10.2. The highest BCUT2D eigenvalue weighted by Crippen LogP contribution is 2.37. The lowest BCUT2D eigenvalue weighted by Gasteiger charge is -2.11. The molecular formula is C19H14ClF3N2O2S. The van der Waals surface area contributed by atoms with Crippen LogP contribution in [0.2, 0.25) is 5.02 Å². The Morgan fingerprint density at radius 1 is 1.21 bits per heavy atom. The number of alkyl halides is 2. The number of aryl methyl sites for hydroxylation is 1. The fourth-order valence-electron chi connectivity index (χ4n) is 2.42. The quantitative estimate of drug-likeness (QED) is 0.469. The maximum absolute atomic E-state index is 13.0. The van der Waals surface area contributed by atoms with Gasteiger partial charge in [-0.25, -0.2) is 9.37 Å². The molecule has 4 nitrogen and oxygen atoms in total. The van der Waals surface area contributed by atoms with Gasteiger partial charge in [0, 0.05) is 18.4 Å². The van der Waals surface area contributed by atoms with Crippen molar-refractivity contribution in [3.05, 3.63) is 65.4 Å². The number of aromatic nitrogens is 1. The summed E-state index contributed by atoms with van der Waals surface area (Å²) >= 11 is 6.22. The number of halogens is 4. The number of carbonyl (C=O) groups excluding carboxylic acids is 1. The van der Waals surface area contributed by atoms with Crippen molar-refractivity contribution in [1.82, 2.24) is 4.98 Å². The number of rotatable bonds is 7. The van der Waals surface area contributed by atoms with Gasteiger partial charge in [0.25, 0.3) is 5.76 Å². The van der Waals surface area contributed by atoms with E-state index in [1.165, 1.54) is 30.5 Å². The molecule has 0 unspecified atom stereocenters. The van der Waals surface area contributed by atoms with Crippen molar-refractivity contribution in [3.8, 4) is 11.3 Å². The molecule has 0 saturated heterocycles. The SMILES string of the molecule is O=C(CCc1ncc(-c2ccc(F)cc2)o1)Nc1cccc(Cl)c1SC(F)F. The maximum Gasteiger partial charge on any atom is 0.289 e. The molecule has 0 aliphatic rings. The van der Waals surface area contributed by atoms with Gasteiger partial charge in [0.15, 0.2) is 11.7 Å². The molecule has 1 amide bonds. The molecule has 3 rings (SSSR count). The normalized spacial score (nSPS) is 11.0. The number of amides is 1. The van der Waals surface area contributed by atoms with Crippen LogP contribution < -0.4 is 5.32 Å². The molecule has 9 heteroatoms. The molecule has 146 valence electrons. The van der Waals surface area contributed by atoms with Crippen molar-refractivity contribution in [2.75, 3.05) is 5.32 Å². The van der Waals surface area contributed by atoms with Crippen LogP contribution in [0, 0.1) is 5.82 Å². The second kappa shape index (κ2) is 9.16. The first kappa shape index (κ1) is 20.3. The molecule has 0 atom stereocenters. The third kappa shape index (κ3) is 5.30. The van der Waals surface area contributed by atoms with Crippen LogP contribution in [0.5, 0.6) is 0 Å². The Kier molecular flexibility index (Phi) is 6.64. The van der Waals surface area contributed by atoms with E-state index in [1.54, 1.807) is 18.2 Å². The maximum atomic E-state index is 13.0. The molecular weight excluding hydrogens is 413 g/mol. The Balaban J connectivity index is 1.61. The van der Waals surface area contributed by atoms with Crippen LogP contribution in [0.15, 0.2) is 58.0 Å². The highest BCUT2D eigenvalue weighted by Gasteiger charge is 2.16. The highest BCUT2D eigenvalue weighted by atomic mass is 35.5. The molecule has 2 aromatic carbocycles. The van der Waals surface area contributed by atoms with Gasteiger partial charge < -0.3 is 9.73 Å². The molecule has 1 aromatic heterocycles. The Morgan fingerprint density at radius 3 is 2.68 bits per heavy atom. The van der Waals surface area contributed by atoms with Crippen molar-refractivity contribution < 1.29 is 22.4 Å². The lowest BCUT2D eigenvalue weighted by molar-refractivity contribution is -0.116. The number of nitrogens with zero attached hydrogens (tertiary/aromatic N) is 1. The van der Waals surface area contributed by atoms with E-state index in [-0.39, 0.29) is 51.9 Å². The van der Waals surface area contributed by atoms with Gasteiger partial charge in [-0.15, -0.1) is 0 Å². The van der Waals surface area contributed by atoms with Crippen molar-refractivity contribution in [2.45, 2.75) is 23.5 Å². The van der Waals surface area contributed by atoms with Crippen LogP contribution in [0.25, 0.3) is 11.3 Å². The second-order valence-electron chi connectivity index (χ2n) is 5.67. The predicted octanol–water partition coefficient (Wildman–Crippen LogP) is 6.02. The lowest BCUT2D eigenvalue weighted by Crippen LogP contribution is -2.13. The molecule has 0 radical (unpaired) electrons. The topological polar surface area (TPSA) is 55.1 Å². The summed E-state index contributed by atoms with van der Waals surface area (Å²) in [7, 11) is 0. The second-order valence-corrected chi connectivity index (χ2v) is 7.08. The van der Waals surface area contributed by atoms with Crippen molar-refractivity contribution in [3.63, 3.8) is 0 Å². The van der Waals surface area contributed by atoms with Gasteiger partial charge in [0.2, 0.25) is 5.91 Å². The summed E-state index contributed by atoms with van der Waals surface area (Å²) in [6.45, 7) is 0. The Hall–Kier alpha value is -2.45. The minimum absolute atomic E-state index is 0.0364. The molecule has 0 spiro atoms. The predicted molar refractivity (Wildman–Crippen MR) is 102 cm³/mol. The van der Waals surface area contributed by atoms with Gasteiger partial charge in [0.1, 0.15) is 5.82 Å².